The largest absolute Gasteiger partial charge is 0.332 e. The van der Waals surface area contributed by atoms with Gasteiger partial charge in [0.05, 0.1) is 0 Å². The maximum absolute atomic E-state index is 10.4. The summed E-state index contributed by atoms with van der Waals surface area (Å²) in [5.74, 6) is 0.00965. The molecule has 54 valence electrons. The minimum absolute atomic E-state index is 0.00965. The molecule has 0 bridgehead atoms. The van der Waals surface area contributed by atoms with Gasteiger partial charge >= 0.3 is 0 Å². The fraction of sp³-hybridized carbons (Fsp3) is 0.167. The zero-order valence-corrected chi connectivity index (χ0v) is 5.80. The molecule has 0 atom stereocenters. The molecular formula is C6H5ClO3. The highest BCUT2D eigenvalue weighted by Crippen LogP contribution is 2.06. The lowest BCUT2D eigenvalue weighted by Gasteiger charge is -1.98. The van der Waals surface area contributed by atoms with E-state index in [1.165, 1.54) is 6.08 Å². The Kier molecular flexibility index (Phi) is 2.48. The Morgan fingerprint density at radius 3 is 3.20 bits per heavy atom. The van der Waals surface area contributed by atoms with Crippen molar-refractivity contribution >= 4 is 16.8 Å². The van der Waals surface area contributed by atoms with E-state index in [9.17, 15) is 4.79 Å². The summed E-state index contributed by atoms with van der Waals surface area (Å²) >= 11 is 5.08. The lowest BCUT2D eigenvalue weighted by Crippen LogP contribution is -1.98. The average molecular weight is 161 g/mol. The Hall–Kier alpha value is -0.800. The molecule has 0 aromatic rings. The van der Waals surface area contributed by atoms with Crippen LogP contribution in [0.2, 0.25) is 0 Å². The van der Waals surface area contributed by atoms with E-state index >= 15 is 0 Å². The van der Waals surface area contributed by atoms with Gasteiger partial charge in [-0.15, -0.1) is 0 Å². The van der Waals surface area contributed by atoms with Crippen LogP contribution in [0.3, 0.4) is 0 Å². The topological polar surface area (TPSA) is 35.5 Å². The first-order valence-electron chi connectivity index (χ1n) is 2.67. The summed E-state index contributed by atoms with van der Waals surface area (Å²) in [6.45, 7) is 0.324. The van der Waals surface area contributed by atoms with Crippen LogP contribution in [-0.2, 0) is 14.6 Å². The molecule has 1 rings (SSSR count). The van der Waals surface area contributed by atoms with Gasteiger partial charge in [0.15, 0.2) is 0 Å². The van der Waals surface area contributed by atoms with Gasteiger partial charge in [0.25, 0.3) is 5.24 Å². The molecular weight excluding hydrogens is 156 g/mol. The summed E-state index contributed by atoms with van der Waals surface area (Å²) in [5.41, 5.74) is 0. The quantitative estimate of drug-likeness (QED) is 0.427. The van der Waals surface area contributed by atoms with E-state index in [0.717, 1.165) is 0 Å². The van der Waals surface area contributed by atoms with Gasteiger partial charge in [-0.1, -0.05) is 12.2 Å². The Bertz CT molecular complexity index is 195. The van der Waals surface area contributed by atoms with Gasteiger partial charge in [-0.05, 0) is 17.7 Å². The van der Waals surface area contributed by atoms with E-state index in [1.807, 2.05) is 0 Å². The standard InChI is InChI=1S/C6H5ClO3/c7-6(8)5-3-1-2-4-9-10-5/h1-3H,4H2. The number of carbonyl (C=O) groups is 1. The van der Waals surface area contributed by atoms with E-state index in [-0.39, 0.29) is 5.76 Å². The first kappa shape index (κ1) is 7.31. The average Bonchev–Trinajstić information content (AvgIpc) is 2.12. The minimum Gasteiger partial charge on any atom is -0.332 e. The van der Waals surface area contributed by atoms with Gasteiger partial charge in [-0.2, -0.15) is 4.89 Å². The lowest BCUT2D eigenvalue weighted by molar-refractivity contribution is -0.249. The van der Waals surface area contributed by atoms with Gasteiger partial charge in [0, 0.05) is 0 Å². The molecule has 0 radical (unpaired) electrons. The predicted molar refractivity (Wildman–Crippen MR) is 35.1 cm³/mol. The highest BCUT2D eigenvalue weighted by molar-refractivity contribution is 6.67. The molecule has 1 heterocycles. The Balaban J connectivity index is 2.66. The first-order chi connectivity index (χ1) is 4.80. The Labute approximate surface area is 62.8 Å². The molecule has 0 saturated carbocycles. The summed E-state index contributed by atoms with van der Waals surface area (Å²) in [6.07, 6.45) is 4.79. The van der Waals surface area contributed by atoms with Crippen molar-refractivity contribution < 1.29 is 14.6 Å². The van der Waals surface area contributed by atoms with Gasteiger partial charge in [0.2, 0.25) is 5.76 Å². The summed E-state index contributed by atoms with van der Waals surface area (Å²) in [4.78, 5) is 19.4. The van der Waals surface area contributed by atoms with Crippen molar-refractivity contribution in [2.75, 3.05) is 6.61 Å². The molecule has 0 spiro atoms. The lowest BCUT2D eigenvalue weighted by atomic mass is 10.4. The van der Waals surface area contributed by atoms with E-state index in [1.54, 1.807) is 12.2 Å². The molecule has 0 aromatic carbocycles. The van der Waals surface area contributed by atoms with Gasteiger partial charge < -0.3 is 4.89 Å². The molecule has 0 aromatic heterocycles. The number of rotatable bonds is 1. The third-order valence-electron chi connectivity index (χ3n) is 0.890. The van der Waals surface area contributed by atoms with Crippen LogP contribution in [0.15, 0.2) is 24.0 Å². The maximum atomic E-state index is 10.4. The Morgan fingerprint density at radius 1 is 1.70 bits per heavy atom. The van der Waals surface area contributed by atoms with Crippen molar-refractivity contribution in [2.45, 2.75) is 0 Å². The molecule has 4 heteroatoms. The van der Waals surface area contributed by atoms with E-state index in [2.05, 4.69) is 9.78 Å². The summed E-state index contributed by atoms with van der Waals surface area (Å²) in [7, 11) is 0. The van der Waals surface area contributed by atoms with E-state index in [4.69, 9.17) is 11.6 Å². The Morgan fingerprint density at radius 2 is 2.50 bits per heavy atom. The second-order valence-electron chi connectivity index (χ2n) is 1.60. The number of hydrogen-bond donors (Lipinski definition) is 0. The highest BCUT2D eigenvalue weighted by Gasteiger charge is 2.08. The zero-order chi connectivity index (χ0) is 7.40. The van der Waals surface area contributed by atoms with Crippen LogP contribution in [-0.4, -0.2) is 11.8 Å². The molecule has 0 saturated heterocycles. The van der Waals surface area contributed by atoms with Crippen molar-refractivity contribution in [3.63, 3.8) is 0 Å². The molecule has 0 amide bonds. The maximum Gasteiger partial charge on any atom is 0.291 e. The second kappa shape index (κ2) is 3.39. The SMILES string of the molecule is O=C(Cl)C1=CC=CCOO1. The van der Waals surface area contributed by atoms with Crippen LogP contribution >= 0.6 is 11.6 Å². The normalized spacial score (nSPS) is 17.1. The van der Waals surface area contributed by atoms with Crippen LogP contribution in [0.4, 0.5) is 0 Å². The first-order valence-corrected chi connectivity index (χ1v) is 3.04. The van der Waals surface area contributed by atoms with E-state index < -0.39 is 5.24 Å². The van der Waals surface area contributed by atoms with Crippen LogP contribution < -0.4 is 0 Å². The van der Waals surface area contributed by atoms with Crippen molar-refractivity contribution in [1.29, 1.82) is 0 Å². The number of halogens is 1. The van der Waals surface area contributed by atoms with Gasteiger partial charge in [0.1, 0.15) is 6.61 Å². The van der Waals surface area contributed by atoms with Crippen molar-refractivity contribution in [2.24, 2.45) is 0 Å². The minimum atomic E-state index is -0.661. The van der Waals surface area contributed by atoms with Crippen LogP contribution in [0.5, 0.6) is 0 Å². The van der Waals surface area contributed by atoms with Crippen molar-refractivity contribution in [3.8, 4) is 0 Å². The van der Waals surface area contributed by atoms with Crippen LogP contribution in [0, 0.1) is 0 Å². The third kappa shape index (κ3) is 1.86. The predicted octanol–water partition coefficient (Wildman–Crippen LogP) is 1.15. The molecule has 10 heavy (non-hydrogen) atoms. The summed E-state index contributed by atoms with van der Waals surface area (Å²) in [5, 5.41) is -0.661. The summed E-state index contributed by atoms with van der Waals surface area (Å²) < 4.78 is 0. The third-order valence-corrected chi connectivity index (χ3v) is 1.08. The second-order valence-corrected chi connectivity index (χ2v) is 1.94. The molecule has 0 unspecified atom stereocenters. The smallest absolute Gasteiger partial charge is 0.291 e. The van der Waals surface area contributed by atoms with Gasteiger partial charge in [-0.25, -0.2) is 0 Å². The van der Waals surface area contributed by atoms with E-state index in [0.29, 0.717) is 6.61 Å². The number of allylic oxidation sites excluding steroid dienone is 3. The molecule has 1 aliphatic rings. The van der Waals surface area contributed by atoms with Crippen molar-refractivity contribution in [1.82, 2.24) is 0 Å². The number of hydrogen-bond acceptors (Lipinski definition) is 3. The molecule has 1 aliphatic heterocycles. The molecule has 3 nitrogen and oxygen atoms in total. The molecule has 0 N–H and O–H groups in total. The zero-order valence-electron chi connectivity index (χ0n) is 5.04. The molecule has 0 aliphatic carbocycles. The monoisotopic (exact) mass is 160 g/mol. The van der Waals surface area contributed by atoms with Gasteiger partial charge in [-0.3, -0.25) is 4.79 Å². The highest BCUT2D eigenvalue weighted by atomic mass is 35.5. The molecule has 0 fully saturated rings. The van der Waals surface area contributed by atoms with Crippen molar-refractivity contribution in [3.05, 3.63) is 24.0 Å². The van der Waals surface area contributed by atoms with Crippen LogP contribution in [0.1, 0.15) is 0 Å². The fourth-order valence-corrected chi connectivity index (χ4v) is 0.568. The number of carbonyl (C=O) groups excluding carboxylic acids is 1. The summed E-state index contributed by atoms with van der Waals surface area (Å²) in [6, 6.07) is 0. The fourth-order valence-electron chi connectivity index (χ4n) is 0.474. The van der Waals surface area contributed by atoms with Crippen LogP contribution in [0.25, 0.3) is 0 Å².